The number of carbonyl (C=O) groups is 3. The van der Waals surface area contributed by atoms with Crippen LogP contribution in [-0.4, -0.2) is 43.8 Å². The second-order valence-corrected chi connectivity index (χ2v) is 8.87. The maximum Gasteiger partial charge on any atom is 0.329 e. The van der Waals surface area contributed by atoms with Gasteiger partial charge in [0.25, 0.3) is 5.91 Å². The molecule has 0 heterocycles. The third kappa shape index (κ3) is 9.32. The van der Waals surface area contributed by atoms with Crippen LogP contribution in [0, 0.1) is 6.92 Å². The molecule has 11 heteroatoms. The minimum atomic E-state index is -0.937. The van der Waals surface area contributed by atoms with Crippen molar-refractivity contribution >= 4 is 46.9 Å². The maximum absolute atomic E-state index is 12.3. The Morgan fingerprint density at radius 2 is 1.60 bits per heavy atom. The lowest BCUT2D eigenvalue weighted by Gasteiger charge is -2.13. The van der Waals surface area contributed by atoms with Crippen LogP contribution in [0.15, 0.2) is 65.8 Å². The molecule has 0 aliphatic carbocycles. The van der Waals surface area contributed by atoms with Crippen molar-refractivity contribution < 1.29 is 28.6 Å². The fraction of sp³-hybridized carbons (Fsp3) is 0.241. The number of benzene rings is 3. The molecule has 0 fully saturated rings. The van der Waals surface area contributed by atoms with E-state index in [1.54, 1.807) is 54.6 Å². The van der Waals surface area contributed by atoms with Crippen molar-refractivity contribution in [3.8, 4) is 17.2 Å². The predicted octanol–water partition coefficient (Wildman–Crippen LogP) is 4.94. The molecule has 0 saturated carbocycles. The van der Waals surface area contributed by atoms with Crippen LogP contribution in [0.5, 0.6) is 17.2 Å². The lowest BCUT2D eigenvalue weighted by Crippen LogP contribution is -2.32. The third-order valence-corrected chi connectivity index (χ3v) is 5.66. The lowest BCUT2D eigenvalue weighted by atomic mass is 10.2. The highest BCUT2D eigenvalue weighted by Gasteiger charge is 2.13. The third-order valence-electron chi connectivity index (χ3n) is 5.25. The molecular weight excluding hydrogens is 536 g/mol. The molecule has 210 valence electrons. The largest absolute Gasteiger partial charge is 0.494 e. The molecule has 0 bridgehead atoms. The van der Waals surface area contributed by atoms with E-state index in [1.165, 1.54) is 6.21 Å². The SMILES string of the molecule is CCCOc1ccc(NC(=O)C(=O)N/N=C\c2ccc(OCC(=O)Nc3ccc(C)c(Cl)c3)c(OCC)c2)cc1. The number of ether oxygens (including phenoxy) is 3. The number of carbonyl (C=O) groups excluding carboxylic acids is 3. The summed E-state index contributed by atoms with van der Waals surface area (Å²) in [4.78, 5) is 36.6. The molecule has 0 saturated heterocycles. The molecule has 3 rings (SSSR count). The number of rotatable bonds is 12. The number of nitrogens with one attached hydrogen (secondary N) is 3. The molecule has 0 unspecified atom stereocenters. The first-order chi connectivity index (χ1) is 19.3. The van der Waals surface area contributed by atoms with E-state index in [4.69, 9.17) is 25.8 Å². The predicted molar refractivity (Wildman–Crippen MR) is 155 cm³/mol. The minimum Gasteiger partial charge on any atom is -0.494 e. The first-order valence-corrected chi connectivity index (χ1v) is 13.0. The summed E-state index contributed by atoms with van der Waals surface area (Å²) in [6.45, 7) is 6.38. The van der Waals surface area contributed by atoms with Crippen LogP contribution in [0.3, 0.4) is 0 Å². The Labute approximate surface area is 237 Å². The van der Waals surface area contributed by atoms with Gasteiger partial charge in [-0.2, -0.15) is 5.10 Å². The Morgan fingerprint density at radius 1 is 0.850 bits per heavy atom. The van der Waals surface area contributed by atoms with Crippen LogP contribution in [0.1, 0.15) is 31.4 Å². The van der Waals surface area contributed by atoms with Crippen LogP contribution in [-0.2, 0) is 14.4 Å². The molecule has 0 spiro atoms. The standard InChI is InChI=1S/C29H31ClN4O6/c1-4-14-39-23-11-9-21(10-12-23)33-28(36)29(37)34-31-17-20-7-13-25(26(15-20)38-5-2)40-18-27(35)32-22-8-6-19(3)24(30)16-22/h6-13,15-17H,4-5,14,18H2,1-3H3,(H,32,35)(H,33,36)(H,34,37)/b31-17-. The Morgan fingerprint density at radius 3 is 2.30 bits per heavy atom. The zero-order valence-corrected chi connectivity index (χ0v) is 23.2. The fourth-order valence-corrected chi connectivity index (χ4v) is 3.44. The van der Waals surface area contributed by atoms with Gasteiger partial charge in [0.1, 0.15) is 5.75 Å². The van der Waals surface area contributed by atoms with Gasteiger partial charge in [0, 0.05) is 16.4 Å². The molecule has 3 aromatic rings. The molecular formula is C29H31ClN4O6. The van der Waals surface area contributed by atoms with Gasteiger partial charge in [0.05, 0.1) is 19.4 Å². The van der Waals surface area contributed by atoms with E-state index in [2.05, 4.69) is 21.2 Å². The van der Waals surface area contributed by atoms with Crippen molar-refractivity contribution in [3.05, 3.63) is 76.8 Å². The fourth-order valence-electron chi connectivity index (χ4n) is 3.26. The highest BCUT2D eigenvalue weighted by molar-refractivity contribution is 6.39. The van der Waals surface area contributed by atoms with Crippen LogP contribution in [0.25, 0.3) is 0 Å². The summed E-state index contributed by atoms with van der Waals surface area (Å²) in [5.41, 5.74) is 4.67. The summed E-state index contributed by atoms with van der Waals surface area (Å²) < 4.78 is 16.8. The van der Waals surface area contributed by atoms with Gasteiger partial charge in [0.2, 0.25) is 0 Å². The maximum atomic E-state index is 12.3. The Hall–Kier alpha value is -4.57. The normalized spacial score (nSPS) is 10.6. The van der Waals surface area contributed by atoms with Gasteiger partial charge in [-0.25, -0.2) is 5.43 Å². The van der Waals surface area contributed by atoms with E-state index in [0.717, 1.165) is 12.0 Å². The molecule has 0 atom stereocenters. The summed E-state index contributed by atoms with van der Waals surface area (Å²) in [6.07, 6.45) is 2.24. The summed E-state index contributed by atoms with van der Waals surface area (Å²) in [7, 11) is 0. The minimum absolute atomic E-state index is 0.251. The molecule has 0 radical (unpaired) electrons. The van der Waals surface area contributed by atoms with Gasteiger partial charge >= 0.3 is 11.8 Å². The van der Waals surface area contributed by atoms with E-state index in [0.29, 0.717) is 52.4 Å². The number of aryl methyl sites for hydroxylation is 1. The summed E-state index contributed by atoms with van der Waals surface area (Å²) in [5, 5.41) is 9.61. The Balaban J connectivity index is 1.52. The molecule has 3 N–H and O–H groups in total. The Bertz CT molecular complexity index is 1360. The average Bonchev–Trinajstić information content (AvgIpc) is 2.94. The summed E-state index contributed by atoms with van der Waals surface area (Å²) in [5.74, 6) is -0.765. The smallest absolute Gasteiger partial charge is 0.329 e. The molecule has 10 nitrogen and oxygen atoms in total. The van der Waals surface area contributed by atoms with Gasteiger partial charge in [-0.05, 0) is 86.0 Å². The first-order valence-electron chi connectivity index (χ1n) is 12.6. The van der Waals surface area contributed by atoms with Crippen LogP contribution in [0.4, 0.5) is 11.4 Å². The molecule has 3 amide bonds. The second-order valence-electron chi connectivity index (χ2n) is 8.47. The van der Waals surface area contributed by atoms with Crippen molar-refractivity contribution in [1.29, 1.82) is 0 Å². The van der Waals surface area contributed by atoms with Gasteiger partial charge in [-0.3, -0.25) is 14.4 Å². The summed E-state index contributed by atoms with van der Waals surface area (Å²) in [6, 6.07) is 16.8. The molecule has 0 aliphatic rings. The van der Waals surface area contributed by atoms with Gasteiger partial charge in [-0.15, -0.1) is 0 Å². The van der Waals surface area contributed by atoms with E-state index >= 15 is 0 Å². The van der Waals surface area contributed by atoms with E-state index in [-0.39, 0.29) is 12.5 Å². The van der Waals surface area contributed by atoms with Gasteiger partial charge < -0.3 is 24.8 Å². The van der Waals surface area contributed by atoms with Gasteiger partial charge in [-0.1, -0.05) is 24.6 Å². The van der Waals surface area contributed by atoms with Crippen LogP contribution >= 0.6 is 11.6 Å². The molecule has 0 aliphatic heterocycles. The van der Waals surface area contributed by atoms with E-state index < -0.39 is 11.8 Å². The summed E-state index contributed by atoms with van der Waals surface area (Å²) >= 11 is 6.10. The number of anilines is 2. The number of nitrogens with zero attached hydrogens (tertiary/aromatic N) is 1. The molecule has 0 aromatic heterocycles. The number of hydrogen-bond acceptors (Lipinski definition) is 7. The number of hydrazone groups is 1. The monoisotopic (exact) mass is 566 g/mol. The average molecular weight is 567 g/mol. The first kappa shape index (κ1) is 30.0. The second kappa shape index (κ2) is 15.1. The number of halogens is 1. The van der Waals surface area contributed by atoms with Crippen molar-refractivity contribution in [2.75, 3.05) is 30.5 Å². The van der Waals surface area contributed by atoms with Crippen LogP contribution < -0.4 is 30.3 Å². The highest BCUT2D eigenvalue weighted by Crippen LogP contribution is 2.28. The van der Waals surface area contributed by atoms with Crippen molar-refractivity contribution in [2.24, 2.45) is 5.10 Å². The number of hydrogen-bond donors (Lipinski definition) is 3. The highest BCUT2D eigenvalue weighted by atomic mass is 35.5. The van der Waals surface area contributed by atoms with E-state index in [1.807, 2.05) is 26.8 Å². The quantitative estimate of drug-likeness (QED) is 0.162. The zero-order valence-electron chi connectivity index (χ0n) is 22.5. The van der Waals surface area contributed by atoms with Crippen molar-refractivity contribution in [2.45, 2.75) is 27.2 Å². The van der Waals surface area contributed by atoms with Crippen LogP contribution in [0.2, 0.25) is 5.02 Å². The lowest BCUT2D eigenvalue weighted by molar-refractivity contribution is -0.136. The number of amides is 3. The topological polar surface area (TPSA) is 127 Å². The van der Waals surface area contributed by atoms with E-state index in [9.17, 15) is 14.4 Å². The molecule has 40 heavy (non-hydrogen) atoms. The van der Waals surface area contributed by atoms with Gasteiger partial charge in [0.15, 0.2) is 18.1 Å². The zero-order chi connectivity index (χ0) is 28.9. The molecule has 3 aromatic carbocycles. The van der Waals surface area contributed by atoms with Crippen molar-refractivity contribution in [3.63, 3.8) is 0 Å². The van der Waals surface area contributed by atoms with Crippen molar-refractivity contribution in [1.82, 2.24) is 5.43 Å². The Kier molecular flexibility index (Phi) is 11.3.